The molecule has 0 saturated carbocycles. The van der Waals surface area contributed by atoms with Gasteiger partial charge in [0.1, 0.15) is 12.1 Å². The second-order valence-electron chi connectivity index (χ2n) is 5.69. The van der Waals surface area contributed by atoms with Gasteiger partial charge in [0.15, 0.2) is 0 Å². The van der Waals surface area contributed by atoms with Gasteiger partial charge < -0.3 is 15.5 Å². The highest BCUT2D eigenvalue weighted by Crippen LogP contribution is 2.20. The molecular weight excluding hydrogens is 324 g/mol. The normalized spacial score (nSPS) is 14.1. The average molecular weight is 359 g/mol. The van der Waals surface area contributed by atoms with Gasteiger partial charge in [-0.05, 0) is 25.1 Å². The molecule has 3 rings (SSSR count). The van der Waals surface area contributed by atoms with Gasteiger partial charge in [-0.1, -0.05) is 52.3 Å². The van der Waals surface area contributed by atoms with E-state index in [1.165, 1.54) is 18.4 Å². The lowest BCUT2D eigenvalue weighted by molar-refractivity contribution is 0.348. The largest absolute Gasteiger partial charge is 0.368 e. The zero-order chi connectivity index (χ0) is 19.4. The fourth-order valence-electron chi connectivity index (χ4n) is 2.70. The van der Waals surface area contributed by atoms with E-state index in [1.807, 2.05) is 32.9 Å². The highest BCUT2D eigenvalue weighted by molar-refractivity contribution is 5.50. The molecule has 1 aromatic heterocycles. The summed E-state index contributed by atoms with van der Waals surface area (Å²) in [5, 5.41) is 4.20. The maximum atomic E-state index is 5.85. The number of aromatic nitrogens is 3. The highest BCUT2D eigenvalue weighted by Gasteiger charge is 2.20. The van der Waals surface area contributed by atoms with Gasteiger partial charge in [0.25, 0.3) is 0 Å². The van der Waals surface area contributed by atoms with Crippen molar-refractivity contribution in [2.75, 3.05) is 36.8 Å². The smallest absolute Gasteiger partial charge is 0.224 e. The highest BCUT2D eigenvalue weighted by atomic mass is 15.5. The summed E-state index contributed by atoms with van der Waals surface area (Å²) in [6, 6.07) is 10.5. The predicted octanol–water partition coefficient (Wildman–Crippen LogP) is 3.94. The number of hydrogen-bond donors (Lipinski definition) is 1. The fraction of sp³-hybridized carbons (Fsp3) is 0.500. The molecule has 2 heterocycles. The molecule has 26 heavy (non-hydrogen) atoms. The van der Waals surface area contributed by atoms with Crippen molar-refractivity contribution in [2.45, 2.75) is 41.0 Å². The lowest BCUT2D eigenvalue weighted by Gasteiger charge is -2.38. The molecule has 0 atom stereocenters. The van der Waals surface area contributed by atoms with Gasteiger partial charge in [0, 0.05) is 31.9 Å². The number of piperazine rings is 1. The quantitative estimate of drug-likeness (QED) is 0.900. The average Bonchev–Trinajstić information content (AvgIpc) is 3.12. The van der Waals surface area contributed by atoms with Crippen molar-refractivity contribution in [1.29, 1.82) is 0 Å². The van der Waals surface area contributed by atoms with Crippen LogP contribution in [0.2, 0.25) is 0 Å². The van der Waals surface area contributed by atoms with Crippen molar-refractivity contribution < 1.29 is 0 Å². The molecule has 2 aromatic rings. The number of hydrogen-bond acceptors (Lipinski definition) is 5. The number of nitrogen functional groups attached to an aromatic ring is 1. The van der Waals surface area contributed by atoms with Crippen LogP contribution in [-0.2, 0) is 0 Å². The Morgan fingerprint density at radius 1 is 1.08 bits per heavy atom. The topological polar surface area (TPSA) is 63.2 Å². The van der Waals surface area contributed by atoms with Crippen LogP contribution in [0.25, 0.3) is 5.82 Å². The van der Waals surface area contributed by atoms with Crippen LogP contribution in [0, 0.1) is 0 Å². The molecule has 1 saturated heterocycles. The summed E-state index contributed by atoms with van der Waals surface area (Å²) < 4.78 is 1.69. The first-order valence-corrected chi connectivity index (χ1v) is 9.58. The number of para-hydroxylation sites is 1. The summed E-state index contributed by atoms with van der Waals surface area (Å²) >= 11 is 0. The van der Waals surface area contributed by atoms with E-state index in [-0.39, 0.29) is 0 Å². The van der Waals surface area contributed by atoms with Crippen molar-refractivity contribution in [3.8, 4) is 0 Å². The van der Waals surface area contributed by atoms with Crippen molar-refractivity contribution in [3.63, 3.8) is 0 Å². The molecular formula is C20H34N6. The maximum Gasteiger partial charge on any atom is 0.224 e. The molecule has 2 N–H and O–H groups in total. The van der Waals surface area contributed by atoms with E-state index < -0.39 is 0 Å². The first kappa shape index (κ1) is 21.5. The Balaban J connectivity index is 0.000000615. The third-order valence-corrected chi connectivity index (χ3v) is 3.77. The van der Waals surface area contributed by atoms with Gasteiger partial charge in [0.05, 0.1) is 0 Å². The molecule has 1 aliphatic heterocycles. The molecule has 0 amide bonds. The summed E-state index contributed by atoms with van der Waals surface area (Å²) in [6.07, 6.45) is 4.77. The Morgan fingerprint density at radius 2 is 1.65 bits per heavy atom. The molecule has 0 aliphatic carbocycles. The predicted molar refractivity (Wildman–Crippen MR) is 112 cm³/mol. The zero-order valence-electron chi connectivity index (χ0n) is 16.9. The first-order valence-electron chi connectivity index (χ1n) is 9.58. The van der Waals surface area contributed by atoms with Crippen molar-refractivity contribution in [1.82, 2.24) is 19.7 Å². The van der Waals surface area contributed by atoms with Crippen LogP contribution in [0.5, 0.6) is 0 Å². The van der Waals surface area contributed by atoms with Crippen molar-refractivity contribution >= 4 is 17.5 Å². The van der Waals surface area contributed by atoms with Gasteiger partial charge in [-0.15, -0.1) is 0 Å². The van der Waals surface area contributed by atoms with Crippen LogP contribution < -0.4 is 10.6 Å². The number of nitrogens with zero attached hydrogens (tertiary/aromatic N) is 5. The third kappa shape index (κ3) is 5.79. The lowest BCUT2D eigenvalue weighted by atomic mass is 10.2. The van der Waals surface area contributed by atoms with E-state index in [4.69, 9.17) is 5.73 Å². The Bertz CT molecular complexity index is 627. The van der Waals surface area contributed by atoms with Crippen LogP contribution in [0.4, 0.5) is 11.6 Å². The lowest BCUT2D eigenvalue weighted by Crippen LogP contribution is -2.46. The molecule has 0 spiro atoms. The summed E-state index contributed by atoms with van der Waals surface area (Å²) in [5.74, 6) is 1.42. The molecule has 6 nitrogen and oxygen atoms in total. The number of nitrogens with two attached hydrogens (primary N) is 1. The van der Waals surface area contributed by atoms with Crippen LogP contribution in [0.1, 0.15) is 41.0 Å². The standard InChI is InChI=1S/C15H20N6.C3H8.C2H6/c1-2-14(21-15(16)17-12-18-21)20-10-8-19(9-11-20)13-6-4-3-5-7-13;1-3-2;1-2/h2-7,12H,8-11H2,1H3,(H2,16,17,18);3H2,1-2H3;1-2H3/b14-2-;;. The van der Waals surface area contributed by atoms with Gasteiger partial charge in [-0.25, -0.2) is 0 Å². The minimum absolute atomic E-state index is 0.425. The summed E-state index contributed by atoms with van der Waals surface area (Å²) in [6.45, 7) is 14.1. The minimum atomic E-state index is 0.425. The minimum Gasteiger partial charge on any atom is -0.368 e. The molecule has 0 bridgehead atoms. The Morgan fingerprint density at radius 3 is 2.12 bits per heavy atom. The van der Waals surface area contributed by atoms with Crippen LogP contribution in [-0.4, -0.2) is 45.8 Å². The molecule has 6 heteroatoms. The fourth-order valence-corrected chi connectivity index (χ4v) is 2.70. The van der Waals surface area contributed by atoms with E-state index in [9.17, 15) is 0 Å². The second-order valence-corrected chi connectivity index (χ2v) is 5.69. The third-order valence-electron chi connectivity index (χ3n) is 3.77. The SMILES string of the molecule is C/C=C(/N1CCN(c2ccccc2)CC1)n1ncnc1N.CC.CCC. The van der Waals surface area contributed by atoms with E-state index >= 15 is 0 Å². The van der Waals surface area contributed by atoms with Gasteiger partial charge in [0.2, 0.25) is 5.95 Å². The maximum absolute atomic E-state index is 5.85. The molecule has 1 aromatic carbocycles. The molecule has 1 aliphatic rings. The molecule has 1 fully saturated rings. The number of benzene rings is 1. The summed E-state index contributed by atoms with van der Waals surface area (Å²) in [7, 11) is 0. The molecule has 0 radical (unpaired) electrons. The number of anilines is 2. The van der Waals surface area contributed by atoms with E-state index in [0.717, 1.165) is 32.0 Å². The molecule has 0 unspecified atom stereocenters. The number of allylic oxidation sites excluding steroid dienone is 1. The Labute approximate surface area is 158 Å². The van der Waals surface area contributed by atoms with E-state index in [2.05, 4.69) is 58.0 Å². The van der Waals surface area contributed by atoms with Gasteiger partial charge in [-0.2, -0.15) is 14.8 Å². The second kappa shape index (κ2) is 12.0. The van der Waals surface area contributed by atoms with Crippen LogP contribution in [0.15, 0.2) is 42.7 Å². The summed E-state index contributed by atoms with van der Waals surface area (Å²) in [5.41, 5.74) is 7.13. The zero-order valence-corrected chi connectivity index (χ0v) is 16.9. The van der Waals surface area contributed by atoms with Crippen molar-refractivity contribution in [2.24, 2.45) is 0 Å². The monoisotopic (exact) mass is 358 g/mol. The first-order chi connectivity index (χ1) is 12.7. The molecule has 144 valence electrons. The van der Waals surface area contributed by atoms with Gasteiger partial charge in [-0.3, -0.25) is 0 Å². The van der Waals surface area contributed by atoms with Crippen molar-refractivity contribution in [3.05, 3.63) is 42.7 Å². The Hall–Kier alpha value is -2.50. The number of rotatable bonds is 3. The van der Waals surface area contributed by atoms with E-state index in [1.54, 1.807) is 4.68 Å². The van der Waals surface area contributed by atoms with Crippen LogP contribution >= 0.6 is 0 Å². The Kier molecular flexibility index (Phi) is 9.90. The van der Waals surface area contributed by atoms with E-state index in [0.29, 0.717) is 5.95 Å². The van der Waals surface area contributed by atoms with Gasteiger partial charge >= 0.3 is 0 Å². The summed E-state index contributed by atoms with van der Waals surface area (Å²) in [4.78, 5) is 8.69. The van der Waals surface area contributed by atoms with Crippen LogP contribution in [0.3, 0.4) is 0 Å².